The number of aromatic amines is 1. The molecule has 0 bridgehead atoms. The summed E-state index contributed by atoms with van der Waals surface area (Å²) < 4.78 is 0. The quantitative estimate of drug-likeness (QED) is 0.880. The Balaban J connectivity index is 2.04. The number of para-hydroxylation sites is 1. The molecule has 0 fully saturated rings. The summed E-state index contributed by atoms with van der Waals surface area (Å²) in [7, 11) is 2.01. The molecule has 1 atom stereocenters. The van der Waals surface area contributed by atoms with Crippen LogP contribution in [0.4, 0.5) is 0 Å². The van der Waals surface area contributed by atoms with Crippen LogP contribution in [0.5, 0.6) is 0 Å². The monoisotopic (exact) mass is 269 g/mol. The number of benzene rings is 1. The standard InChI is InChI=1S/C16H19N3O/c1-10-15(12-5-3-4-6-13(12)18-10)14-8-7-11(16(17)20)9-19(14)2/h3-6,9,14,18H,7-8H2,1-2H3,(H2,17,20). The second kappa shape index (κ2) is 4.71. The Morgan fingerprint density at radius 2 is 2.15 bits per heavy atom. The van der Waals surface area contributed by atoms with Crippen LogP contribution in [0.1, 0.15) is 30.1 Å². The normalized spacial score (nSPS) is 19.2. The van der Waals surface area contributed by atoms with Crippen LogP contribution in [0.3, 0.4) is 0 Å². The molecular weight excluding hydrogens is 250 g/mol. The number of nitrogens with zero attached hydrogens (tertiary/aromatic N) is 1. The molecule has 3 N–H and O–H groups in total. The number of carbonyl (C=O) groups is 1. The lowest BCUT2D eigenvalue weighted by molar-refractivity contribution is -0.114. The number of fused-ring (bicyclic) bond motifs is 1. The van der Waals surface area contributed by atoms with E-state index in [1.807, 2.05) is 19.3 Å². The lowest BCUT2D eigenvalue weighted by atomic mass is 9.93. The first-order valence-electron chi connectivity index (χ1n) is 6.87. The van der Waals surface area contributed by atoms with Crippen molar-refractivity contribution in [3.8, 4) is 0 Å². The van der Waals surface area contributed by atoms with Crippen LogP contribution in [0.2, 0.25) is 0 Å². The van der Waals surface area contributed by atoms with Gasteiger partial charge < -0.3 is 15.6 Å². The molecule has 0 spiro atoms. The highest BCUT2D eigenvalue weighted by Crippen LogP contribution is 2.37. The molecule has 1 unspecified atom stereocenters. The molecule has 0 radical (unpaired) electrons. The molecule has 2 aromatic rings. The van der Waals surface area contributed by atoms with E-state index in [-0.39, 0.29) is 11.9 Å². The topological polar surface area (TPSA) is 62.1 Å². The molecule has 1 aliphatic heterocycles. The van der Waals surface area contributed by atoms with E-state index < -0.39 is 0 Å². The van der Waals surface area contributed by atoms with Crippen molar-refractivity contribution >= 4 is 16.8 Å². The summed E-state index contributed by atoms with van der Waals surface area (Å²) in [4.78, 5) is 16.8. The Hall–Kier alpha value is -2.23. The van der Waals surface area contributed by atoms with Gasteiger partial charge in [-0.05, 0) is 25.8 Å². The van der Waals surface area contributed by atoms with Gasteiger partial charge in [0.15, 0.2) is 0 Å². The van der Waals surface area contributed by atoms with Crippen LogP contribution in [-0.4, -0.2) is 22.8 Å². The maximum atomic E-state index is 11.3. The number of hydrogen-bond donors (Lipinski definition) is 2. The lowest BCUT2D eigenvalue weighted by Gasteiger charge is -2.32. The molecule has 2 heterocycles. The average molecular weight is 269 g/mol. The molecule has 1 aromatic carbocycles. The van der Waals surface area contributed by atoms with Gasteiger partial charge in [0.25, 0.3) is 0 Å². The molecular formula is C16H19N3O. The fraction of sp³-hybridized carbons (Fsp3) is 0.312. The molecule has 4 heteroatoms. The maximum absolute atomic E-state index is 11.3. The summed E-state index contributed by atoms with van der Waals surface area (Å²) in [5.74, 6) is -0.314. The highest BCUT2D eigenvalue weighted by atomic mass is 16.1. The van der Waals surface area contributed by atoms with Gasteiger partial charge in [-0.25, -0.2) is 0 Å². The zero-order chi connectivity index (χ0) is 14.3. The van der Waals surface area contributed by atoms with E-state index in [9.17, 15) is 4.79 Å². The summed E-state index contributed by atoms with van der Waals surface area (Å²) in [5, 5.41) is 1.26. The number of amides is 1. The van der Waals surface area contributed by atoms with Gasteiger partial charge in [-0.15, -0.1) is 0 Å². The number of nitrogens with one attached hydrogen (secondary N) is 1. The van der Waals surface area contributed by atoms with Crippen molar-refractivity contribution in [2.24, 2.45) is 5.73 Å². The van der Waals surface area contributed by atoms with Crippen molar-refractivity contribution in [1.29, 1.82) is 0 Å². The van der Waals surface area contributed by atoms with Crippen molar-refractivity contribution in [3.05, 3.63) is 47.3 Å². The number of rotatable bonds is 2. The maximum Gasteiger partial charge on any atom is 0.246 e. The molecule has 104 valence electrons. The van der Waals surface area contributed by atoms with E-state index in [0.29, 0.717) is 5.57 Å². The first kappa shape index (κ1) is 12.8. The molecule has 4 nitrogen and oxygen atoms in total. The Morgan fingerprint density at radius 3 is 2.85 bits per heavy atom. The van der Waals surface area contributed by atoms with Crippen LogP contribution in [0.25, 0.3) is 10.9 Å². The van der Waals surface area contributed by atoms with Gasteiger partial charge in [-0.2, -0.15) is 0 Å². The summed E-state index contributed by atoms with van der Waals surface area (Å²) in [6.45, 7) is 2.11. The molecule has 1 amide bonds. The number of aryl methyl sites for hydroxylation is 1. The summed E-state index contributed by atoms with van der Waals surface area (Å²) in [6.07, 6.45) is 3.54. The number of H-pyrrole nitrogens is 1. The molecule has 3 rings (SSSR count). The Bertz CT molecular complexity index is 699. The van der Waals surface area contributed by atoms with Crippen LogP contribution in [-0.2, 0) is 4.79 Å². The largest absolute Gasteiger partial charge is 0.373 e. The van der Waals surface area contributed by atoms with Crippen LogP contribution < -0.4 is 5.73 Å². The number of carbonyl (C=O) groups excluding carboxylic acids is 1. The number of aromatic nitrogens is 1. The van der Waals surface area contributed by atoms with Crippen molar-refractivity contribution in [3.63, 3.8) is 0 Å². The fourth-order valence-electron chi connectivity index (χ4n) is 3.16. The molecule has 20 heavy (non-hydrogen) atoms. The fourth-order valence-corrected chi connectivity index (χ4v) is 3.16. The smallest absolute Gasteiger partial charge is 0.246 e. The van der Waals surface area contributed by atoms with E-state index in [1.165, 1.54) is 16.6 Å². The molecule has 1 aromatic heterocycles. The summed E-state index contributed by atoms with van der Waals surface area (Å²) >= 11 is 0. The van der Waals surface area contributed by atoms with E-state index in [1.54, 1.807) is 0 Å². The van der Waals surface area contributed by atoms with E-state index in [0.717, 1.165) is 18.4 Å². The van der Waals surface area contributed by atoms with Gasteiger partial charge >= 0.3 is 0 Å². The third-order valence-electron chi connectivity index (χ3n) is 4.13. The highest BCUT2D eigenvalue weighted by Gasteiger charge is 2.26. The molecule has 0 saturated carbocycles. The van der Waals surface area contributed by atoms with E-state index >= 15 is 0 Å². The summed E-state index contributed by atoms with van der Waals surface area (Å²) in [6, 6.07) is 8.63. The number of hydrogen-bond acceptors (Lipinski definition) is 2. The van der Waals surface area contributed by atoms with E-state index in [2.05, 4.69) is 35.0 Å². The second-order valence-corrected chi connectivity index (χ2v) is 5.45. The first-order chi connectivity index (χ1) is 9.58. The summed E-state index contributed by atoms with van der Waals surface area (Å²) in [5.41, 5.74) is 9.76. The predicted molar refractivity (Wildman–Crippen MR) is 80.1 cm³/mol. The van der Waals surface area contributed by atoms with Gasteiger partial charge in [-0.1, -0.05) is 18.2 Å². The zero-order valence-electron chi connectivity index (χ0n) is 11.8. The minimum Gasteiger partial charge on any atom is -0.373 e. The Kier molecular flexibility index (Phi) is 3.01. The number of primary amides is 1. The van der Waals surface area contributed by atoms with Crippen molar-refractivity contribution in [2.75, 3.05) is 7.05 Å². The van der Waals surface area contributed by atoms with E-state index in [4.69, 9.17) is 5.73 Å². The van der Waals surface area contributed by atoms with Gasteiger partial charge in [0, 0.05) is 41.0 Å². The Labute approximate surface area is 118 Å². The second-order valence-electron chi connectivity index (χ2n) is 5.45. The lowest BCUT2D eigenvalue weighted by Crippen LogP contribution is -2.28. The van der Waals surface area contributed by atoms with Crippen LogP contribution in [0.15, 0.2) is 36.0 Å². The van der Waals surface area contributed by atoms with Gasteiger partial charge in [-0.3, -0.25) is 4.79 Å². The molecule has 0 aliphatic carbocycles. The van der Waals surface area contributed by atoms with Gasteiger partial charge in [0.05, 0.1) is 6.04 Å². The first-order valence-corrected chi connectivity index (χ1v) is 6.87. The highest BCUT2D eigenvalue weighted by molar-refractivity contribution is 5.92. The van der Waals surface area contributed by atoms with Crippen molar-refractivity contribution in [2.45, 2.75) is 25.8 Å². The third-order valence-corrected chi connectivity index (χ3v) is 4.13. The average Bonchev–Trinajstić information content (AvgIpc) is 2.74. The van der Waals surface area contributed by atoms with Crippen molar-refractivity contribution < 1.29 is 4.79 Å². The third kappa shape index (κ3) is 1.97. The minimum absolute atomic E-state index is 0.286. The predicted octanol–water partition coefficient (Wildman–Crippen LogP) is 2.61. The van der Waals surface area contributed by atoms with Crippen LogP contribution in [0, 0.1) is 6.92 Å². The number of nitrogens with two attached hydrogens (primary N) is 1. The minimum atomic E-state index is -0.314. The Morgan fingerprint density at radius 1 is 1.40 bits per heavy atom. The van der Waals surface area contributed by atoms with Gasteiger partial charge in [0.2, 0.25) is 5.91 Å². The zero-order valence-corrected chi connectivity index (χ0v) is 11.8. The van der Waals surface area contributed by atoms with Crippen LogP contribution >= 0.6 is 0 Å². The van der Waals surface area contributed by atoms with Crippen molar-refractivity contribution in [1.82, 2.24) is 9.88 Å². The van der Waals surface area contributed by atoms with Gasteiger partial charge in [0.1, 0.15) is 0 Å². The SMILES string of the molecule is Cc1[nH]c2ccccc2c1C1CCC(C(N)=O)=CN1C. The molecule has 1 aliphatic rings. The molecule has 0 saturated heterocycles.